The van der Waals surface area contributed by atoms with Crippen molar-refractivity contribution in [2.75, 3.05) is 20.7 Å². The van der Waals surface area contributed by atoms with Gasteiger partial charge in [-0.05, 0) is 47.7 Å². The van der Waals surface area contributed by atoms with Crippen molar-refractivity contribution in [3.8, 4) is 5.75 Å². The van der Waals surface area contributed by atoms with E-state index in [0.717, 1.165) is 28.9 Å². The number of carbonyl (C=O) groups excluding carboxylic acids is 1. The maximum Gasteiger partial charge on any atom is 0.230 e. The number of carbonyl (C=O) groups is 1. The third kappa shape index (κ3) is 4.97. The Balaban J connectivity index is 1.74. The summed E-state index contributed by atoms with van der Waals surface area (Å²) in [6.45, 7) is 0.638. The minimum Gasteiger partial charge on any atom is -0.496 e. The lowest BCUT2D eigenvalue weighted by Gasteiger charge is -2.25. The summed E-state index contributed by atoms with van der Waals surface area (Å²) in [7, 11) is 3.55. The Bertz CT molecular complexity index is 881. The van der Waals surface area contributed by atoms with E-state index >= 15 is 0 Å². The lowest BCUT2D eigenvalue weighted by molar-refractivity contribution is -0.131. The summed E-state index contributed by atoms with van der Waals surface area (Å²) in [5.74, 6) is 0.768. The van der Waals surface area contributed by atoms with Gasteiger partial charge in [-0.3, -0.25) is 9.78 Å². The van der Waals surface area contributed by atoms with E-state index in [1.54, 1.807) is 19.5 Å². The molecule has 0 fully saturated rings. The van der Waals surface area contributed by atoms with E-state index < -0.39 is 0 Å². The van der Waals surface area contributed by atoms with Gasteiger partial charge < -0.3 is 9.64 Å². The van der Waals surface area contributed by atoms with Crippen LogP contribution in [0.2, 0.25) is 0 Å². The zero-order valence-corrected chi connectivity index (χ0v) is 16.4. The van der Waals surface area contributed by atoms with Crippen LogP contribution in [0.5, 0.6) is 5.75 Å². The topological polar surface area (TPSA) is 42.4 Å². The van der Waals surface area contributed by atoms with Gasteiger partial charge in [0, 0.05) is 26.0 Å². The average molecular weight is 374 g/mol. The van der Waals surface area contributed by atoms with E-state index in [2.05, 4.69) is 4.98 Å². The lowest BCUT2D eigenvalue weighted by atomic mass is 9.91. The van der Waals surface area contributed by atoms with Crippen molar-refractivity contribution in [3.63, 3.8) is 0 Å². The normalized spacial score (nSPS) is 11.6. The molecule has 0 aliphatic carbocycles. The largest absolute Gasteiger partial charge is 0.496 e. The number of amides is 1. The smallest absolute Gasteiger partial charge is 0.230 e. The molecule has 1 aromatic heterocycles. The minimum absolute atomic E-state index is 0.123. The molecule has 0 saturated carbocycles. The van der Waals surface area contributed by atoms with Crippen LogP contribution in [0.3, 0.4) is 0 Å². The second kappa shape index (κ2) is 9.70. The van der Waals surface area contributed by atoms with E-state index in [-0.39, 0.29) is 11.8 Å². The van der Waals surface area contributed by atoms with Crippen LogP contribution in [0.4, 0.5) is 0 Å². The molecule has 1 heterocycles. The third-order valence-electron chi connectivity index (χ3n) is 4.97. The highest BCUT2D eigenvalue weighted by Gasteiger charge is 2.24. The zero-order valence-electron chi connectivity index (χ0n) is 16.4. The van der Waals surface area contributed by atoms with Gasteiger partial charge in [-0.2, -0.15) is 0 Å². The van der Waals surface area contributed by atoms with Crippen LogP contribution in [0.15, 0.2) is 79.1 Å². The second-order valence-electron chi connectivity index (χ2n) is 6.84. The quantitative estimate of drug-likeness (QED) is 0.596. The lowest BCUT2D eigenvalue weighted by Crippen LogP contribution is -2.34. The first-order chi connectivity index (χ1) is 13.7. The number of rotatable bonds is 8. The van der Waals surface area contributed by atoms with Crippen LogP contribution in [-0.4, -0.2) is 36.5 Å². The Morgan fingerprint density at radius 1 is 1.00 bits per heavy atom. The Hall–Kier alpha value is -3.14. The van der Waals surface area contributed by atoms with Crippen molar-refractivity contribution < 1.29 is 9.53 Å². The van der Waals surface area contributed by atoms with Crippen molar-refractivity contribution in [2.45, 2.75) is 18.8 Å². The Morgan fingerprint density at radius 3 is 2.39 bits per heavy atom. The van der Waals surface area contributed by atoms with Crippen LogP contribution < -0.4 is 4.74 Å². The highest BCUT2D eigenvalue weighted by atomic mass is 16.5. The molecule has 3 aromatic rings. The molecule has 0 aliphatic rings. The first-order valence-electron chi connectivity index (χ1n) is 9.49. The van der Waals surface area contributed by atoms with Crippen LogP contribution in [0, 0.1) is 0 Å². The fraction of sp³-hybridized carbons (Fsp3) is 0.250. The highest BCUT2D eigenvalue weighted by molar-refractivity contribution is 5.84. The maximum atomic E-state index is 13.3. The number of methoxy groups -OCH3 is 1. The van der Waals surface area contributed by atoms with Gasteiger partial charge in [0.05, 0.1) is 13.0 Å². The molecule has 0 saturated heterocycles. The second-order valence-corrected chi connectivity index (χ2v) is 6.84. The summed E-state index contributed by atoms with van der Waals surface area (Å²) in [4.78, 5) is 19.2. The molecule has 0 spiro atoms. The average Bonchev–Trinajstić information content (AvgIpc) is 2.76. The first kappa shape index (κ1) is 19.6. The van der Waals surface area contributed by atoms with Crippen LogP contribution in [0.25, 0.3) is 0 Å². The summed E-state index contributed by atoms with van der Waals surface area (Å²) in [5.41, 5.74) is 3.25. The summed E-state index contributed by atoms with van der Waals surface area (Å²) in [6.07, 6.45) is 4.95. The number of hydrogen-bond donors (Lipinski definition) is 0. The Morgan fingerprint density at radius 2 is 1.68 bits per heavy atom. The van der Waals surface area contributed by atoms with Gasteiger partial charge in [0.2, 0.25) is 5.91 Å². The van der Waals surface area contributed by atoms with Gasteiger partial charge in [0.25, 0.3) is 0 Å². The maximum absolute atomic E-state index is 13.3. The van der Waals surface area contributed by atoms with Crippen LogP contribution in [0.1, 0.15) is 22.6 Å². The number of hydrogen-bond acceptors (Lipinski definition) is 3. The summed E-state index contributed by atoms with van der Waals surface area (Å²) in [6, 6.07) is 21.9. The molecular weight excluding hydrogens is 348 g/mol. The molecule has 2 aromatic carbocycles. The van der Waals surface area contributed by atoms with E-state index in [1.165, 1.54) is 0 Å². The van der Waals surface area contributed by atoms with E-state index in [4.69, 9.17) is 4.74 Å². The van der Waals surface area contributed by atoms with E-state index in [1.807, 2.05) is 78.7 Å². The summed E-state index contributed by atoms with van der Waals surface area (Å²) in [5, 5.41) is 0. The molecule has 0 bridgehead atoms. The number of nitrogens with zero attached hydrogens (tertiary/aromatic N) is 2. The number of aromatic nitrogens is 1. The van der Waals surface area contributed by atoms with Crippen molar-refractivity contribution in [2.24, 2.45) is 0 Å². The molecule has 1 atom stereocenters. The number of ether oxygens (including phenoxy) is 1. The van der Waals surface area contributed by atoms with Gasteiger partial charge in [-0.25, -0.2) is 0 Å². The molecule has 3 rings (SSSR count). The molecule has 1 unspecified atom stereocenters. The van der Waals surface area contributed by atoms with Crippen molar-refractivity contribution in [1.29, 1.82) is 0 Å². The van der Waals surface area contributed by atoms with Crippen LogP contribution in [-0.2, 0) is 17.6 Å². The molecule has 4 nitrogen and oxygen atoms in total. The van der Waals surface area contributed by atoms with E-state index in [9.17, 15) is 4.79 Å². The Labute approximate surface area is 166 Å². The molecule has 4 heteroatoms. The predicted octanol–water partition coefficient (Wildman–Crippen LogP) is 4.12. The van der Waals surface area contributed by atoms with Crippen molar-refractivity contribution in [1.82, 2.24) is 9.88 Å². The standard InChI is InChI=1S/C24H26N2O2/c1-26(17-14-21-10-6-7-11-23(21)28-2)24(27)22(20-8-4-3-5-9-20)18-19-12-15-25-16-13-19/h3-13,15-16,22H,14,17-18H2,1-2H3. The first-order valence-corrected chi connectivity index (χ1v) is 9.49. The van der Waals surface area contributed by atoms with Gasteiger partial charge in [-0.1, -0.05) is 48.5 Å². The summed E-state index contributed by atoms with van der Waals surface area (Å²) >= 11 is 0. The summed E-state index contributed by atoms with van der Waals surface area (Å²) < 4.78 is 5.42. The molecule has 1 amide bonds. The predicted molar refractivity (Wildman–Crippen MR) is 111 cm³/mol. The fourth-order valence-electron chi connectivity index (χ4n) is 3.36. The van der Waals surface area contributed by atoms with Crippen molar-refractivity contribution in [3.05, 3.63) is 95.8 Å². The number of para-hydroxylation sites is 1. The Kier molecular flexibility index (Phi) is 6.79. The minimum atomic E-state index is -0.216. The third-order valence-corrected chi connectivity index (χ3v) is 4.97. The molecular formula is C24H26N2O2. The van der Waals surface area contributed by atoms with Gasteiger partial charge >= 0.3 is 0 Å². The zero-order chi connectivity index (χ0) is 19.8. The van der Waals surface area contributed by atoms with Crippen molar-refractivity contribution >= 4 is 5.91 Å². The van der Waals surface area contributed by atoms with Gasteiger partial charge in [0.1, 0.15) is 5.75 Å². The van der Waals surface area contributed by atoms with Gasteiger partial charge in [-0.15, -0.1) is 0 Å². The van der Waals surface area contributed by atoms with E-state index in [0.29, 0.717) is 13.0 Å². The number of benzene rings is 2. The number of pyridine rings is 1. The highest BCUT2D eigenvalue weighted by Crippen LogP contribution is 2.24. The fourth-order valence-corrected chi connectivity index (χ4v) is 3.36. The number of likely N-dealkylation sites (N-methyl/N-ethyl adjacent to an activating group) is 1. The molecule has 0 radical (unpaired) electrons. The monoisotopic (exact) mass is 374 g/mol. The molecule has 144 valence electrons. The SMILES string of the molecule is COc1ccccc1CCN(C)C(=O)C(Cc1ccncc1)c1ccccc1. The molecule has 0 aliphatic heterocycles. The van der Waals surface area contributed by atoms with Crippen LogP contribution >= 0.6 is 0 Å². The molecule has 0 N–H and O–H groups in total. The van der Waals surface area contributed by atoms with Gasteiger partial charge in [0.15, 0.2) is 0 Å². The molecule has 28 heavy (non-hydrogen) atoms.